The Morgan fingerprint density at radius 3 is 2.15 bits per heavy atom. The minimum Gasteiger partial charge on any atom is -0.392 e. The average molecular weight is 202 g/mol. The van der Waals surface area contributed by atoms with Gasteiger partial charge in [0.25, 0.3) is 0 Å². The Kier molecular flexibility index (Phi) is 6.25. The molecule has 0 aliphatic heterocycles. The van der Waals surface area contributed by atoms with Gasteiger partial charge >= 0.3 is 0 Å². The van der Waals surface area contributed by atoms with Crippen LogP contribution in [0.3, 0.4) is 0 Å². The molecule has 2 nitrogen and oxygen atoms in total. The van der Waals surface area contributed by atoms with Crippen LogP contribution in [0.5, 0.6) is 0 Å². The number of thiocarbonyl (C=S) groups is 1. The normalized spacial score (nSPS) is 13.7. The van der Waals surface area contributed by atoms with Gasteiger partial charge in [-0.1, -0.05) is 39.9 Å². The van der Waals surface area contributed by atoms with Gasteiger partial charge in [-0.3, -0.25) is 4.90 Å². The Morgan fingerprint density at radius 1 is 1.38 bits per heavy atom. The van der Waals surface area contributed by atoms with E-state index in [-0.39, 0.29) is 6.04 Å². The van der Waals surface area contributed by atoms with Crippen molar-refractivity contribution in [1.82, 2.24) is 4.90 Å². The van der Waals surface area contributed by atoms with Crippen molar-refractivity contribution >= 4 is 17.2 Å². The monoisotopic (exact) mass is 202 g/mol. The van der Waals surface area contributed by atoms with Gasteiger partial charge in [-0.05, 0) is 18.9 Å². The molecule has 0 amide bonds. The van der Waals surface area contributed by atoms with Crippen molar-refractivity contribution in [3.63, 3.8) is 0 Å². The van der Waals surface area contributed by atoms with Gasteiger partial charge < -0.3 is 5.73 Å². The molecule has 1 unspecified atom stereocenters. The number of likely N-dealkylation sites (N-methyl/N-ethyl adjacent to an activating group) is 1. The molecule has 0 bridgehead atoms. The van der Waals surface area contributed by atoms with Crippen molar-refractivity contribution in [2.75, 3.05) is 13.1 Å². The number of nitrogens with two attached hydrogens (primary N) is 1. The van der Waals surface area contributed by atoms with E-state index in [0.29, 0.717) is 10.9 Å². The summed E-state index contributed by atoms with van der Waals surface area (Å²) in [6.07, 6.45) is 1.01. The Hall–Kier alpha value is -0.150. The molecule has 0 aromatic heterocycles. The summed E-state index contributed by atoms with van der Waals surface area (Å²) < 4.78 is 0. The van der Waals surface area contributed by atoms with Crippen molar-refractivity contribution in [1.29, 1.82) is 0 Å². The quantitative estimate of drug-likeness (QED) is 0.668. The van der Waals surface area contributed by atoms with Crippen LogP contribution >= 0.6 is 12.2 Å². The lowest BCUT2D eigenvalue weighted by molar-refractivity contribution is 0.223. The van der Waals surface area contributed by atoms with Crippen LogP contribution in [0.4, 0.5) is 0 Å². The lowest BCUT2D eigenvalue weighted by Crippen LogP contribution is -2.44. The van der Waals surface area contributed by atoms with Gasteiger partial charge in [-0.2, -0.15) is 0 Å². The standard InChI is InChI=1S/C10H22N2S/c1-5-9(10(11)13)12(6-2)7-8(3)4/h8-9H,5-7H2,1-4H3,(H2,11,13). The molecule has 0 aliphatic rings. The van der Waals surface area contributed by atoms with E-state index in [9.17, 15) is 0 Å². The minimum absolute atomic E-state index is 0.280. The van der Waals surface area contributed by atoms with Gasteiger partial charge in [-0.15, -0.1) is 0 Å². The van der Waals surface area contributed by atoms with Crippen molar-refractivity contribution < 1.29 is 0 Å². The van der Waals surface area contributed by atoms with E-state index >= 15 is 0 Å². The van der Waals surface area contributed by atoms with E-state index < -0.39 is 0 Å². The van der Waals surface area contributed by atoms with Crippen LogP contribution < -0.4 is 5.73 Å². The summed E-state index contributed by atoms with van der Waals surface area (Å²) in [6, 6.07) is 0.280. The van der Waals surface area contributed by atoms with Gasteiger partial charge in [0.05, 0.1) is 11.0 Å². The fourth-order valence-electron chi connectivity index (χ4n) is 1.59. The first-order chi connectivity index (χ1) is 6.02. The molecule has 0 aromatic rings. The molecule has 78 valence electrons. The fraction of sp³-hybridized carbons (Fsp3) is 0.900. The number of rotatable bonds is 6. The van der Waals surface area contributed by atoms with E-state index in [4.69, 9.17) is 18.0 Å². The molecule has 0 saturated carbocycles. The van der Waals surface area contributed by atoms with Crippen LogP contribution in [-0.4, -0.2) is 29.0 Å². The van der Waals surface area contributed by atoms with Crippen molar-refractivity contribution in [2.45, 2.75) is 40.2 Å². The molecule has 13 heavy (non-hydrogen) atoms. The first kappa shape index (κ1) is 12.8. The third-order valence-electron chi connectivity index (χ3n) is 2.16. The molecule has 1 atom stereocenters. The molecule has 0 aliphatic carbocycles. The Balaban J connectivity index is 4.25. The molecular weight excluding hydrogens is 180 g/mol. The summed E-state index contributed by atoms with van der Waals surface area (Å²) in [5.41, 5.74) is 5.69. The van der Waals surface area contributed by atoms with Gasteiger partial charge in [0.2, 0.25) is 0 Å². The third-order valence-corrected chi connectivity index (χ3v) is 2.43. The van der Waals surface area contributed by atoms with Crippen LogP contribution in [0.1, 0.15) is 34.1 Å². The number of hydrogen-bond acceptors (Lipinski definition) is 2. The molecule has 3 heteroatoms. The largest absolute Gasteiger partial charge is 0.392 e. The Bertz CT molecular complexity index is 157. The van der Waals surface area contributed by atoms with Crippen molar-refractivity contribution in [3.8, 4) is 0 Å². The van der Waals surface area contributed by atoms with E-state index in [2.05, 4.69) is 32.6 Å². The third kappa shape index (κ3) is 4.58. The number of nitrogens with zero attached hydrogens (tertiary/aromatic N) is 1. The van der Waals surface area contributed by atoms with Crippen LogP contribution in [0.2, 0.25) is 0 Å². The maximum absolute atomic E-state index is 5.69. The predicted molar refractivity (Wildman–Crippen MR) is 62.9 cm³/mol. The second-order valence-electron chi connectivity index (χ2n) is 3.81. The van der Waals surface area contributed by atoms with Gasteiger partial charge in [0, 0.05) is 6.54 Å². The van der Waals surface area contributed by atoms with E-state index in [0.717, 1.165) is 19.5 Å². The summed E-state index contributed by atoms with van der Waals surface area (Å²) >= 11 is 5.05. The maximum Gasteiger partial charge on any atom is 0.0901 e. The number of hydrogen-bond donors (Lipinski definition) is 1. The fourth-order valence-corrected chi connectivity index (χ4v) is 1.90. The summed E-state index contributed by atoms with van der Waals surface area (Å²) in [7, 11) is 0. The summed E-state index contributed by atoms with van der Waals surface area (Å²) in [5.74, 6) is 0.670. The minimum atomic E-state index is 0.280. The molecular formula is C10H22N2S. The maximum atomic E-state index is 5.69. The van der Waals surface area contributed by atoms with E-state index in [1.165, 1.54) is 0 Å². The first-order valence-corrected chi connectivity index (χ1v) is 5.47. The first-order valence-electron chi connectivity index (χ1n) is 5.06. The van der Waals surface area contributed by atoms with Gasteiger partial charge in [0.1, 0.15) is 0 Å². The van der Waals surface area contributed by atoms with Crippen LogP contribution in [-0.2, 0) is 0 Å². The lowest BCUT2D eigenvalue weighted by Gasteiger charge is -2.30. The predicted octanol–water partition coefficient (Wildman–Crippen LogP) is 2.03. The Morgan fingerprint density at radius 2 is 1.92 bits per heavy atom. The topological polar surface area (TPSA) is 29.3 Å². The molecule has 2 N–H and O–H groups in total. The van der Waals surface area contributed by atoms with Crippen LogP contribution in [0.25, 0.3) is 0 Å². The molecule has 0 rings (SSSR count). The van der Waals surface area contributed by atoms with E-state index in [1.807, 2.05) is 0 Å². The second kappa shape index (κ2) is 6.33. The highest BCUT2D eigenvalue weighted by atomic mass is 32.1. The van der Waals surface area contributed by atoms with E-state index in [1.54, 1.807) is 0 Å². The summed E-state index contributed by atoms with van der Waals surface area (Å²) in [5, 5.41) is 0. The smallest absolute Gasteiger partial charge is 0.0901 e. The SMILES string of the molecule is CCC(C(N)=S)N(CC)CC(C)C. The Labute approximate surface area is 87.5 Å². The van der Waals surface area contributed by atoms with Gasteiger partial charge in [0.15, 0.2) is 0 Å². The lowest BCUT2D eigenvalue weighted by atomic mass is 10.1. The summed E-state index contributed by atoms with van der Waals surface area (Å²) in [4.78, 5) is 2.98. The van der Waals surface area contributed by atoms with Crippen molar-refractivity contribution in [3.05, 3.63) is 0 Å². The molecule has 0 saturated heterocycles. The average Bonchev–Trinajstić information content (AvgIpc) is 2.02. The van der Waals surface area contributed by atoms with Crippen molar-refractivity contribution in [2.24, 2.45) is 11.7 Å². The highest BCUT2D eigenvalue weighted by Gasteiger charge is 2.18. The molecule has 0 fully saturated rings. The molecule has 0 aromatic carbocycles. The highest BCUT2D eigenvalue weighted by molar-refractivity contribution is 7.80. The molecule has 0 heterocycles. The summed E-state index contributed by atoms with van der Waals surface area (Å²) in [6.45, 7) is 10.8. The second-order valence-corrected chi connectivity index (χ2v) is 4.28. The zero-order chi connectivity index (χ0) is 10.4. The van der Waals surface area contributed by atoms with Gasteiger partial charge in [-0.25, -0.2) is 0 Å². The zero-order valence-corrected chi connectivity index (χ0v) is 10.0. The van der Waals surface area contributed by atoms with Crippen LogP contribution in [0, 0.1) is 5.92 Å². The zero-order valence-electron chi connectivity index (χ0n) is 9.21. The molecule has 0 spiro atoms. The highest BCUT2D eigenvalue weighted by Crippen LogP contribution is 2.07. The van der Waals surface area contributed by atoms with Crippen LogP contribution in [0.15, 0.2) is 0 Å². The molecule has 0 radical (unpaired) electrons.